The smallest absolute Gasteiger partial charge is 0.344 e. The normalized spacial score (nSPS) is 20.1. The molecule has 0 saturated carbocycles. The minimum atomic E-state index is -0.974. The van der Waals surface area contributed by atoms with Crippen LogP contribution in [0.2, 0.25) is 0 Å². The van der Waals surface area contributed by atoms with E-state index in [1.54, 1.807) is 6.92 Å². The van der Waals surface area contributed by atoms with Gasteiger partial charge in [0.1, 0.15) is 17.3 Å². The van der Waals surface area contributed by atoms with Crippen molar-refractivity contribution in [1.29, 1.82) is 0 Å². The van der Waals surface area contributed by atoms with E-state index in [0.29, 0.717) is 12.3 Å². The van der Waals surface area contributed by atoms with Crippen molar-refractivity contribution in [1.82, 2.24) is 4.90 Å². The number of nitrogens with zero attached hydrogens (tertiary/aromatic N) is 2. The van der Waals surface area contributed by atoms with Gasteiger partial charge in [-0.05, 0) is 25.1 Å². The van der Waals surface area contributed by atoms with Crippen LogP contribution in [0.3, 0.4) is 0 Å². The van der Waals surface area contributed by atoms with Crippen LogP contribution in [0.5, 0.6) is 0 Å². The maximum atomic E-state index is 11.3. The zero-order valence-electron chi connectivity index (χ0n) is 10.7. The van der Waals surface area contributed by atoms with Crippen molar-refractivity contribution in [2.75, 3.05) is 19.7 Å². The molecule has 2 aliphatic heterocycles. The first-order valence-electron chi connectivity index (χ1n) is 6.20. The third kappa shape index (κ3) is 2.98. The summed E-state index contributed by atoms with van der Waals surface area (Å²) in [7, 11) is 0. The number of hydrogen-bond acceptors (Lipinski definition) is 6. The minimum absolute atomic E-state index is 0.257. The Morgan fingerprint density at radius 3 is 3.11 bits per heavy atom. The van der Waals surface area contributed by atoms with Crippen molar-refractivity contribution in [3.05, 3.63) is 10.6 Å². The van der Waals surface area contributed by atoms with Crippen molar-refractivity contribution in [2.45, 2.75) is 25.9 Å². The Kier molecular flexibility index (Phi) is 4.60. The van der Waals surface area contributed by atoms with Gasteiger partial charge in [0.15, 0.2) is 5.17 Å². The number of fused-ring (bicyclic) bond motifs is 1. The summed E-state index contributed by atoms with van der Waals surface area (Å²) in [5.74, 6) is -0.974. The highest BCUT2D eigenvalue weighted by atomic mass is 32.2. The van der Waals surface area contributed by atoms with Crippen LogP contribution in [-0.4, -0.2) is 53.2 Å². The number of aliphatic imine (C=N–C) groups is 1. The molecule has 0 aromatic heterocycles. The molecule has 0 aromatic carbocycles. The number of amidine groups is 1. The first-order valence-corrected chi connectivity index (χ1v) is 7.02. The topological polar surface area (TPSA) is 79.2 Å². The third-order valence-corrected chi connectivity index (χ3v) is 4.07. The SMILES string of the molecule is CCOC(C=O)CC1=C(C(=O)O)SC2=NCCCN21. The lowest BCUT2D eigenvalue weighted by molar-refractivity contribution is -0.132. The van der Waals surface area contributed by atoms with Gasteiger partial charge in [-0.3, -0.25) is 4.99 Å². The number of thioether (sulfide) groups is 1. The van der Waals surface area contributed by atoms with Gasteiger partial charge in [0.05, 0.1) is 0 Å². The molecular weight excluding hydrogens is 268 g/mol. The number of aldehydes is 1. The Bertz CT molecular complexity index is 447. The van der Waals surface area contributed by atoms with E-state index < -0.39 is 12.1 Å². The van der Waals surface area contributed by atoms with Crippen LogP contribution in [-0.2, 0) is 14.3 Å². The van der Waals surface area contributed by atoms with E-state index in [2.05, 4.69) is 4.99 Å². The highest BCUT2D eigenvalue weighted by Gasteiger charge is 2.35. The number of carbonyl (C=O) groups excluding carboxylic acids is 1. The molecule has 1 atom stereocenters. The van der Waals surface area contributed by atoms with E-state index in [0.717, 1.165) is 31.0 Å². The number of hydrogen-bond donors (Lipinski definition) is 1. The summed E-state index contributed by atoms with van der Waals surface area (Å²) >= 11 is 1.17. The average molecular weight is 284 g/mol. The molecule has 104 valence electrons. The number of carboxylic acids is 1. The van der Waals surface area contributed by atoms with Crippen LogP contribution in [0.1, 0.15) is 19.8 Å². The quantitative estimate of drug-likeness (QED) is 0.735. The van der Waals surface area contributed by atoms with Crippen molar-refractivity contribution in [2.24, 2.45) is 4.99 Å². The average Bonchev–Trinajstić information content (AvgIpc) is 2.77. The molecule has 2 heterocycles. The van der Waals surface area contributed by atoms with Gasteiger partial charge in [-0.2, -0.15) is 0 Å². The molecule has 1 N–H and O–H groups in total. The van der Waals surface area contributed by atoms with Crippen molar-refractivity contribution >= 4 is 29.2 Å². The Hall–Kier alpha value is -1.34. The van der Waals surface area contributed by atoms with E-state index in [1.165, 1.54) is 11.8 Å². The van der Waals surface area contributed by atoms with Crippen molar-refractivity contribution < 1.29 is 19.4 Å². The summed E-state index contributed by atoms with van der Waals surface area (Å²) in [6.45, 7) is 3.70. The summed E-state index contributed by atoms with van der Waals surface area (Å²) < 4.78 is 5.29. The van der Waals surface area contributed by atoms with E-state index in [4.69, 9.17) is 4.74 Å². The van der Waals surface area contributed by atoms with Gasteiger partial charge in [-0.25, -0.2) is 4.79 Å². The maximum Gasteiger partial charge on any atom is 0.344 e. The molecular formula is C12H16N2O4S. The summed E-state index contributed by atoms with van der Waals surface area (Å²) in [5.41, 5.74) is 0.640. The molecule has 19 heavy (non-hydrogen) atoms. The Morgan fingerprint density at radius 1 is 1.68 bits per heavy atom. The molecule has 1 unspecified atom stereocenters. The minimum Gasteiger partial charge on any atom is -0.477 e. The molecule has 0 radical (unpaired) electrons. The second-order valence-electron chi connectivity index (χ2n) is 4.19. The van der Waals surface area contributed by atoms with Gasteiger partial charge >= 0.3 is 5.97 Å². The van der Waals surface area contributed by atoms with Crippen molar-refractivity contribution in [3.63, 3.8) is 0 Å². The lowest BCUT2D eigenvalue weighted by Crippen LogP contribution is -2.32. The molecule has 7 heteroatoms. The highest BCUT2D eigenvalue weighted by molar-refractivity contribution is 8.18. The number of carboxylic acid groups (broad SMARTS) is 1. The molecule has 2 rings (SSSR count). The van der Waals surface area contributed by atoms with E-state index >= 15 is 0 Å². The summed E-state index contributed by atoms with van der Waals surface area (Å²) in [5, 5.41) is 9.98. The second-order valence-corrected chi connectivity index (χ2v) is 5.16. The van der Waals surface area contributed by atoms with Crippen LogP contribution in [0.4, 0.5) is 0 Å². The first kappa shape index (κ1) is 14.1. The molecule has 6 nitrogen and oxygen atoms in total. The van der Waals surface area contributed by atoms with Crippen LogP contribution < -0.4 is 0 Å². The van der Waals surface area contributed by atoms with Gasteiger partial charge in [-0.15, -0.1) is 0 Å². The number of ether oxygens (including phenoxy) is 1. The fraction of sp³-hybridized carbons (Fsp3) is 0.583. The molecule has 0 fully saturated rings. The van der Waals surface area contributed by atoms with Gasteiger partial charge in [0.25, 0.3) is 0 Å². The first-order chi connectivity index (χ1) is 9.17. The van der Waals surface area contributed by atoms with Crippen LogP contribution in [0.15, 0.2) is 15.6 Å². The Balaban J connectivity index is 2.23. The molecule has 0 aliphatic carbocycles. The van der Waals surface area contributed by atoms with Gasteiger partial charge in [-0.1, -0.05) is 0 Å². The largest absolute Gasteiger partial charge is 0.477 e. The zero-order valence-corrected chi connectivity index (χ0v) is 11.5. The Labute approximate surface area is 115 Å². The predicted octanol–water partition coefficient (Wildman–Crippen LogP) is 1.09. The maximum absolute atomic E-state index is 11.3. The van der Waals surface area contributed by atoms with E-state index in [-0.39, 0.29) is 11.3 Å². The van der Waals surface area contributed by atoms with Gasteiger partial charge in [0, 0.05) is 31.8 Å². The second kappa shape index (κ2) is 6.21. The standard InChI is InChI=1S/C12H16N2O4S/c1-2-18-8(7-15)6-9-10(11(16)17)19-12-13-4-3-5-14(9)12/h7-8H,2-6H2,1H3,(H,16,17). The summed E-state index contributed by atoms with van der Waals surface area (Å²) in [6.07, 6.45) is 1.29. The monoisotopic (exact) mass is 284 g/mol. The summed E-state index contributed by atoms with van der Waals surface area (Å²) in [6, 6.07) is 0. The van der Waals surface area contributed by atoms with E-state index in [1.807, 2.05) is 4.90 Å². The fourth-order valence-corrected chi connectivity index (χ4v) is 3.16. The number of aliphatic carboxylic acids is 1. The van der Waals surface area contributed by atoms with Crippen molar-refractivity contribution in [3.8, 4) is 0 Å². The predicted molar refractivity (Wildman–Crippen MR) is 72.0 cm³/mol. The van der Waals surface area contributed by atoms with Gasteiger partial charge < -0.3 is 19.5 Å². The van der Waals surface area contributed by atoms with Crippen LogP contribution >= 0.6 is 11.8 Å². The Morgan fingerprint density at radius 2 is 2.47 bits per heavy atom. The zero-order chi connectivity index (χ0) is 13.8. The lowest BCUT2D eigenvalue weighted by Gasteiger charge is -2.26. The molecule has 2 aliphatic rings. The lowest BCUT2D eigenvalue weighted by atomic mass is 10.1. The highest BCUT2D eigenvalue weighted by Crippen LogP contribution is 2.38. The molecule has 0 bridgehead atoms. The fourth-order valence-electron chi connectivity index (χ4n) is 2.12. The number of rotatable bonds is 6. The van der Waals surface area contributed by atoms with E-state index in [9.17, 15) is 14.7 Å². The third-order valence-electron chi connectivity index (χ3n) is 2.92. The molecule has 0 spiro atoms. The molecule has 0 amide bonds. The van der Waals surface area contributed by atoms with Gasteiger partial charge in [0.2, 0.25) is 0 Å². The summed E-state index contributed by atoms with van der Waals surface area (Å²) in [4.78, 5) is 28.7. The van der Waals surface area contributed by atoms with Crippen LogP contribution in [0.25, 0.3) is 0 Å². The molecule has 0 aromatic rings. The van der Waals surface area contributed by atoms with Crippen LogP contribution in [0, 0.1) is 0 Å². The molecule has 0 saturated heterocycles. The number of carbonyl (C=O) groups is 2.